The molecule has 0 bridgehead atoms. The van der Waals surface area contributed by atoms with Crippen molar-refractivity contribution < 1.29 is 18.0 Å². The molecule has 0 amide bonds. The monoisotopic (exact) mass is 219 g/mol. The molecule has 0 aliphatic carbocycles. The second-order valence-electron chi connectivity index (χ2n) is 2.93. The number of halogens is 3. The lowest BCUT2D eigenvalue weighted by atomic mass is 10.2. The molecule has 4 nitrogen and oxygen atoms in total. The van der Waals surface area contributed by atoms with Gasteiger partial charge < -0.3 is 4.84 Å². The second kappa shape index (κ2) is 3.50. The molecule has 2 aliphatic rings. The lowest BCUT2D eigenvalue weighted by Crippen LogP contribution is -2.42. The van der Waals surface area contributed by atoms with E-state index in [4.69, 9.17) is 0 Å². The SMILES string of the molecule is FC(F)(F)C1=CCN(N2C=CON2)C=C1. The van der Waals surface area contributed by atoms with Gasteiger partial charge >= 0.3 is 6.18 Å². The summed E-state index contributed by atoms with van der Waals surface area (Å²) in [7, 11) is 0. The van der Waals surface area contributed by atoms with Crippen molar-refractivity contribution in [1.82, 2.24) is 15.7 Å². The fourth-order valence-electron chi connectivity index (χ4n) is 1.20. The Morgan fingerprint density at radius 1 is 1.33 bits per heavy atom. The summed E-state index contributed by atoms with van der Waals surface area (Å²) in [6, 6.07) is 0. The van der Waals surface area contributed by atoms with Gasteiger partial charge in [0.25, 0.3) is 0 Å². The number of alkyl halides is 3. The number of nitrogens with zero attached hydrogens (tertiary/aromatic N) is 2. The van der Waals surface area contributed by atoms with Gasteiger partial charge in [0.15, 0.2) is 0 Å². The molecule has 15 heavy (non-hydrogen) atoms. The first-order valence-electron chi connectivity index (χ1n) is 4.17. The standard InChI is InChI=1S/C8H8F3N3O/c9-8(10,11)7-1-3-13(4-2-7)14-5-6-15-12-14/h1-3,5-6,12H,4H2. The lowest BCUT2D eigenvalue weighted by Gasteiger charge is -2.29. The third kappa shape index (κ3) is 2.07. The van der Waals surface area contributed by atoms with Crippen LogP contribution in [-0.4, -0.2) is 22.8 Å². The van der Waals surface area contributed by atoms with Crippen molar-refractivity contribution in [3.05, 3.63) is 36.4 Å². The zero-order chi connectivity index (χ0) is 10.9. The summed E-state index contributed by atoms with van der Waals surface area (Å²) >= 11 is 0. The molecule has 1 N–H and O–H groups in total. The maximum Gasteiger partial charge on any atom is 0.416 e. The van der Waals surface area contributed by atoms with Crippen LogP contribution in [0.2, 0.25) is 0 Å². The van der Waals surface area contributed by atoms with Crippen LogP contribution in [0.1, 0.15) is 0 Å². The Labute approximate surface area is 83.8 Å². The van der Waals surface area contributed by atoms with Crippen LogP contribution in [0.25, 0.3) is 0 Å². The van der Waals surface area contributed by atoms with Crippen molar-refractivity contribution >= 4 is 0 Å². The number of hydrazine groups is 2. The predicted octanol–water partition coefficient (Wildman–Crippen LogP) is 1.44. The topological polar surface area (TPSA) is 27.7 Å². The molecule has 82 valence electrons. The molecule has 2 rings (SSSR count). The number of allylic oxidation sites excluding steroid dienone is 2. The highest BCUT2D eigenvalue weighted by Crippen LogP contribution is 2.28. The Kier molecular flexibility index (Phi) is 2.31. The number of hydrogen-bond donors (Lipinski definition) is 1. The quantitative estimate of drug-likeness (QED) is 0.722. The van der Waals surface area contributed by atoms with E-state index in [1.165, 1.54) is 22.6 Å². The van der Waals surface area contributed by atoms with Crippen molar-refractivity contribution in [1.29, 1.82) is 0 Å². The summed E-state index contributed by atoms with van der Waals surface area (Å²) in [6.07, 6.45) is 2.10. The molecule has 0 saturated carbocycles. The zero-order valence-electron chi connectivity index (χ0n) is 7.53. The van der Waals surface area contributed by atoms with E-state index in [1.54, 1.807) is 6.20 Å². The highest BCUT2D eigenvalue weighted by atomic mass is 19.4. The first-order chi connectivity index (χ1) is 7.07. The van der Waals surface area contributed by atoms with E-state index in [9.17, 15) is 13.2 Å². The maximum atomic E-state index is 12.2. The maximum absolute atomic E-state index is 12.2. The van der Waals surface area contributed by atoms with E-state index >= 15 is 0 Å². The van der Waals surface area contributed by atoms with Gasteiger partial charge in [0.1, 0.15) is 6.26 Å². The molecule has 0 unspecified atom stereocenters. The van der Waals surface area contributed by atoms with Crippen molar-refractivity contribution in [2.45, 2.75) is 6.18 Å². The largest absolute Gasteiger partial charge is 0.416 e. The second-order valence-corrected chi connectivity index (χ2v) is 2.93. The Bertz CT molecular complexity index is 335. The molecule has 0 atom stereocenters. The van der Waals surface area contributed by atoms with Gasteiger partial charge in [0, 0.05) is 6.20 Å². The van der Waals surface area contributed by atoms with E-state index in [-0.39, 0.29) is 6.54 Å². The number of nitrogens with one attached hydrogen (secondary N) is 1. The fourth-order valence-corrected chi connectivity index (χ4v) is 1.20. The van der Waals surface area contributed by atoms with Gasteiger partial charge in [0.2, 0.25) is 0 Å². The Balaban J connectivity index is 2.00. The van der Waals surface area contributed by atoms with E-state index in [1.807, 2.05) is 0 Å². The van der Waals surface area contributed by atoms with Gasteiger partial charge in [-0.2, -0.15) is 18.3 Å². The molecule has 7 heteroatoms. The predicted molar refractivity (Wildman–Crippen MR) is 45.2 cm³/mol. The Hall–Kier alpha value is -1.63. The van der Waals surface area contributed by atoms with Crippen LogP contribution in [0, 0.1) is 0 Å². The van der Waals surface area contributed by atoms with Gasteiger partial charge in [-0.15, -0.1) is 0 Å². The molecule has 0 radical (unpaired) electrons. The van der Waals surface area contributed by atoms with Crippen molar-refractivity contribution in [3.8, 4) is 0 Å². The summed E-state index contributed by atoms with van der Waals surface area (Å²) in [5.41, 5.74) is 1.83. The smallest absolute Gasteiger partial charge is 0.394 e. The van der Waals surface area contributed by atoms with Crippen LogP contribution in [0.5, 0.6) is 0 Å². The molecule has 0 spiro atoms. The number of hydrogen-bond acceptors (Lipinski definition) is 4. The van der Waals surface area contributed by atoms with Gasteiger partial charge in [-0.05, 0) is 11.7 Å². The molecular formula is C8H8F3N3O. The minimum absolute atomic E-state index is 0.131. The molecule has 2 heterocycles. The Morgan fingerprint density at radius 2 is 2.13 bits per heavy atom. The van der Waals surface area contributed by atoms with Crippen LogP contribution < -0.4 is 5.59 Å². The van der Waals surface area contributed by atoms with Crippen LogP contribution in [0.3, 0.4) is 0 Å². The first-order valence-corrected chi connectivity index (χ1v) is 4.17. The number of rotatable bonds is 1. The molecule has 0 fully saturated rings. The van der Waals surface area contributed by atoms with E-state index < -0.39 is 11.7 Å². The molecule has 2 aliphatic heterocycles. The van der Waals surface area contributed by atoms with E-state index in [2.05, 4.69) is 10.4 Å². The molecule has 0 aromatic rings. The van der Waals surface area contributed by atoms with Gasteiger partial charge in [-0.25, -0.2) is 0 Å². The molecule has 0 saturated heterocycles. The van der Waals surface area contributed by atoms with Crippen molar-refractivity contribution in [2.24, 2.45) is 0 Å². The van der Waals surface area contributed by atoms with Gasteiger partial charge in [-0.1, -0.05) is 6.08 Å². The van der Waals surface area contributed by atoms with Crippen LogP contribution in [0.4, 0.5) is 13.2 Å². The average Bonchev–Trinajstić information content (AvgIpc) is 2.69. The fraction of sp³-hybridized carbons (Fsp3) is 0.250. The molecule has 0 aromatic carbocycles. The highest BCUT2D eigenvalue weighted by molar-refractivity contribution is 5.26. The van der Waals surface area contributed by atoms with E-state index in [0.29, 0.717) is 0 Å². The lowest BCUT2D eigenvalue weighted by molar-refractivity contribution is -0.0932. The summed E-state index contributed by atoms with van der Waals surface area (Å²) in [6.45, 7) is 0.131. The minimum Gasteiger partial charge on any atom is -0.394 e. The average molecular weight is 219 g/mol. The van der Waals surface area contributed by atoms with Crippen LogP contribution >= 0.6 is 0 Å². The summed E-state index contributed by atoms with van der Waals surface area (Å²) < 4.78 is 36.7. The molecule has 0 aromatic heterocycles. The third-order valence-electron chi connectivity index (χ3n) is 1.94. The van der Waals surface area contributed by atoms with Gasteiger partial charge in [-0.3, -0.25) is 5.01 Å². The summed E-state index contributed by atoms with van der Waals surface area (Å²) in [5, 5.41) is 2.96. The normalized spacial score (nSPS) is 20.6. The van der Waals surface area contributed by atoms with E-state index in [0.717, 1.165) is 12.2 Å². The summed E-state index contributed by atoms with van der Waals surface area (Å²) in [4.78, 5) is 4.68. The Morgan fingerprint density at radius 3 is 2.60 bits per heavy atom. The zero-order valence-corrected chi connectivity index (χ0v) is 7.53. The summed E-state index contributed by atoms with van der Waals surface area (Å²) in [5.74, 6) is 0. The van der Waals surface area contributed by atoms with Crippen LogP contribution in [0.15, 0.2) is 36.4 Å². The van der Waals surface area contributed by atoms with Crippen molar-refractivity contribution in [3.63, 3.8) is 0 Å². The first kappa shape index (κ1) is 9.91. The highest BCUT2D eigenvalue weighted by Gasteiger charge is 2.33. The third-order valence-corrected chi connectivity index (χ3v) is 1.94. The van der Waals surface area contributed by atoms with Crippen LogP contribution in [-0.2, 0) is 4.84 Å². The van der Waals surface area contributed by atoms with Gasteiger partial charge in [0.05, 0.1) is 18.3 Å². The van der Waals surface area contributed by atoms with Crippen molar-refractivity contribution in [2.75, 3.05) is 6.54 Å². The molecular weight excluding hydrogens is 211 g/mol. The minimum atomic E-state index is -4.28.